The van der Waals surface area contributed by atoms with Gasteiger partial charge in [-0.3, -0.25) is 9.78 Å². The number of nitrogens with zero attached hydrogens (tertiary/aromatic N) is 1. The lowest BCUT2D eigenvalue weighted by Crippen LogP contribution is -2.12. The fourth-order valence-electron chi connectivity index (χ4n) is 1.03. The third-order valence-electron chi connectivity index (χ3n) is 1.63. The standard InChI is InChI=1S/C11H15NOS/c1-8-9(6-5-7-12-8)10(13)14-11(2,3)4/h5-7H,1-4H3. The molecule has 0 aliphatic carbocycles. The van der Waals surface area contributed by atoms with Gasteiger partial charge in [-0.1, -0.05) is 32.5 Å². The first-order valence-electron chi connectivity index (χ1n) is 4.55. The number of aryl methyl sites for hydroxylation is 1. The summed E-state index contributed by atoms with van der Waals surface area (Å²) in [5, 5.41) is 0.100. The molecule has 0 atom stereocenters. The summed E-state index contributed by atoms with van der Waals surface area (Å²) in [4.78, 5) is 15.9. The highest BCUT2D eigenvalue weighted by Gasteiger charge is 2.19. The summed E-state index contributed by atoms with van der Waals surface area (Å²) in [6.45, 7) is 7.94. The second kappa shape index (κ2) is 4.13. The summed E-state index contributed by atoms with van der Waals surface area (Å²) in [7, 11) is 0. The fraction of sp³-hybridized carbons (Fsp3) is 0.455. The van der Waals surface area contributed by atoms with Gasteiger partial charge in [0.05, 0.1) is 0 Å². The monoisotopic (exact) mass is 209 g/mol. The number of hydrogen-bond acceptors (Lipinski definition) is 3. The van der Waals surface area contributed by atoms with Crippen LogP contribution < -0.4 is 0 Å². The molecule has 0 aromatic carbocycles. The van der Waals surface area contributed by atoms with Crippen LogP contribution in [0.5, 0.6) is 0 Å². The topological polar surface area (TPSA) is 30.0 Å². The number of carbonyl (C=O) groups excluding carboxylic acids is 1. The molecule has 0 spiro atoms. The zero-order chi connectivity index (χ0) is 10.8. The van der Waals surface area contributed by atoms with E-state index in [1.807, 2.05) is 33.8 Å². The first kappa shape index (κ1) is 11.2. The van der Waals surface area contributed by atoms with Crippen molar-refractivity contribution in [2.75, 3.05) is 0 Å². The lowest BCUT2D eigenvalue weighted by atomic mass is 10.2. The molecule has 1 aromatic heterocycles. The van der Waals surface area contributed by atoms with E-state index >= 15 is 0 Å². The Hall–Kier alpha value is -0.830. The zero-order valence-corrected chi connectivity index (χ0v) is 9.81. The van der Waals surface area contributed by atoms with Crippen LogP contribution in [0.4, 0.5) is 0 Å². The molecule has 0 aliphatic rings. The molecule has 0 bridgehead atoms. The Morgan fingerprint density at radius 1 is 1.43 bits per heavy atom. The van der Waals surface area contributed by atoms with Gasteiger partial charge in [0.25, 0.3) is 0 Å². The molecule has 3 heteroatoms. The van der Waals surface area contributed by atoms with Gasteiger partial charge in [0.1, 0.15) is 0 Å². The van der Waals surface area contributed by atoms with Crippen LogP contribution >= 0.6 is 11.8 Å². The van der Waals surface area contributed by atoms with Gasteiger partial charge in [-0.2, -0.15) is 0 Å². The summed E-state index contributed by atoms with van der Waals surface area (Å²) in [5.74, 6) is 0. The van der Waals surface area contributed by atoms with Crippen molar-refractivity contribution in [3.05, 3.63) is 29.6 Å². The maximum absolute atomic E-state index is 11.8. The summed E-state index contributed by atoms with van der Waals surface area (Å²) in [5.41, 5.74) is 1.52. The van der Waals surface area contributed by atoms with Gasteiger partial charge in [0.15, 0.2) is 0 Å². The Kier molecular flexibility index (Phi) is 3.32. The van der Waals surface area contributed by atoms with E-state index in [2.05, 4.69) is 4.98 Å². The lowest BCUT2D eigenvalue weighted by Gasteiger charge is -2.16. The van der Waals surface area contributed by atoms with Crippen LogP contribution in [0.1, 0.15) is 36.8 Å². The molecule has 1 heterocycles. The minimum atomic E-state index is -0.0423. The molecular weight excluding hydrogens is 194 g/mol. The van der Waals surface area contributed by atoms with Crippen molar-refractivity contribution in [1.82, 2.24) is 4.98 Å². The molecule has 0 N–H and O–H groups in total. The largest absolute Gasteiger partial charge is 0.281 e. The van der Waals surface area contributed by atoms with Crippen LogP contribution in [0, 0.1) is 6.92 Å². The number of rotatable bonds is 1. The minimum Gasteiger partial charge on any atom is -0.281 e. The molecule has 0 fully saturated rings. The van der Waals surface area contributed by atoms with Crippen molar-refractivity contribution < 1.29 is 4.79 Å². The zero-order valence-electron chi connectivity index (χ0n) is 9.00. The predicted octanol–water partition coefficient (Wildman–Crippen LogP) is 3.06. The molecule has 76 valence electrons. The lowest BCUT2D eigenvalue weighted by molar-refractivity contribution is 0.108. The van der Waals surface area contributed by atoms with Gasteiger partial charge >= 0.3 is 0 Å². The van der Waals surface area contributed by atoms with Crippen molar-refractivity contribution in [1.29, 1.82) is 0 Å². The van der Waals surface area contributed by atoms with E-state index in [0.29, 0.717) is 5.56 Å². The highest BCUT2D eigenvalue weighted by molar-refractivity contribution is 8.15. The highest BCUT2D eigenvalue weighted by atomic mass is 32.2. The van der Waals surface area contributed by atoms with Crippen molar-refractivity contribution in [3.8, 4) is 0 Å². The van der Waals surface area contributed by atoms with Crippen molar-refractivity contribution >= 4 is 16.9 Å². The molecule has 0 aliphatic heterocycles. The number of thioether (sulfide) groups is 1. The van der Waals surface area contributed by atoms with Crippen LogP contribution in [0.15, 0.2) is 18.3 Å². The molecule has 14 heavy (non-hydrogen) atoms. The fourth-order valence-corrected chi connectivity index (χ4v) is 1.91. The predicted molar refractivity (Wildman–Crippen MR) is 60.6 cm³/mol. The van der Waals surface area contributed by atoms with Gasteiger partial charge in [-0.15, -0.1) is 0 Å². The van der Waals surface area contributed by atoms with Crippen LogP contribution in [0.25, 0.3) is 0 Å². The Bertz CT molecular complexity index is 341. The quantitative estimate of drug-likeness (QED) is 0.712. The van der Waals surface area contributed by atoms with Crippen LogP contribution in [-0.4, -0.2) is 14.8 Å². The summed E-state index contributed by atoms with van der Waals surface area (Å²) >= 11 is 1.35. The number of aromatic nitrogens is 1. The van der Waals surface area contributed by atoms with Crippen LogP contribution in [0.2, 0.25) is 0 Å². The van der Waals surface area contributed by atoms with E-state index in [-0.39, 0.29) is 9.86 Å². The smallest absolute Gasteiger partial charge is 0.221 e. The van der Waals surface area contributed by atoms with E-state index in [0.717, 1.165) is 5.69 Å². The van der Waals surface area contributed by atoms with E-state index in [1.165, 1.54) is 11.8 Å². The van der Waals surface area contributed by atoms with Crippen LogP contribution in [0.3, 0.4) is 0 Å². The third-order valence-corrected chi connectivity index (χ3v) is 2.64. The Balaban J connectivity index is 2.86. The molecule has 0 amide bonds. The first-order chi connectivity index (χ1) is 6.40. The molecule has 1 rings (SSSR count). The van der Waals surface area contributed by atoms with Gasteiger partial charge < -0.3 is 0 Å². The SMILES string of the molecule is Cc1ncccc1C(=O)SC(C)(C)C. The molecule has 0 saturated heterocycles. The van der Waals surface area contributed by atoms with E-state index in [4.69, 9.17) is 0 Å². The summed E-state index contributed by atoms with van der Waals surface area (Å²) in [6, 6.07) is 3.62. The molecule has 0 saturated carbocycles. The van der Waals surface area contributed by atoms with Crippen molar-refractivity contribution in [2.45, 2.75) is 32.4 Å². The number of pyridine rings is 1. The maximum atomic E-state index is 11.8. The summed E-state index contributed by atoms with van der Waals surface area (Å²) < 4.78 is -0.0423. The second-order valence-electron chi connectivity index (χ2n) is 4.14. The van der Waals surface area contributed by atoms with E-state index < -0.39 is 0 Å². The normalized spacial score (nSPS) is 11.4. The molecular formula is C11H15NOS. The van der Waals surface area contributed by atoms with Gasteiger partial charge in [-0.05, 0) is 19.1 Å². The first-order valence-corrected chi connectivity index (χ1v) is 5.37. The second-order valence-corrected chi connectivity index (χ2v) is 5.94. The Morgan fingerprint density at radius 2 is 2.07 bits per heavy atom. The molecule has 2 nitrogen and oxygen atoms in total. The van der Waals surface area contributed by atoms with E-state index in [1.54, 1.807) is 12.3 Å². The summed E-state index contributed by atoms with van der Waals surface area (Å²) in [6.07, 6.45) is 1.70. The average Bonchev–Trinajstić information content (AvgIpc) is 2.01. The van der Waals surface area contributed by atoms with Gasteiger partial charge in [0.2, 0.25) is 5.12 Å². The maximum Gasteiger partial charge on any atom is 0.221 e. The van der Waals surface area contributed by atoms with Crippen molar-refractivity contribution in [2.24, 2.45) is 0 Å². The van der Waals surface area contributed by atoms with Gasteiger partial charge in [0, 0.05) is 22.2 Å². The van der Waals surface area contributed by atoms with E-state index in [9.17, 15) is 4.79 Å². The Morgan fingerprint density at radius 3 is 2.57 bits per heavy atom. The third kappa shape index (κ3) is 3.14. The van der Waals surface area contributed by atoms with Gasteiger partial charge in [-0.25, -0.2) is 0 Å². The highest BCUT2D eigenvalue weighted by Crippen LogP contribution is 2.27. The molecule has 1 aromatic rings. The average molecular weight is 209 g/mol. The minimum absolute atomic E-state index is 0.0423. The van der Waals surface area contributed by atoms with Crippen LogP contribution in [-0.2, 0) is 0 Å². The molecule has 0 unspecified atom stereocenters. The molecule has 0 radical (unpaired) electrons. The number of carbonyl (C=O) groups is 1. The van der Waals surface area contributed by atoms with Crippen molar-refractivity contribution in [3.63, 3.8) is 0 Å². The number of hydrogen-bond donors (Lipinski definition) is 0. The Labute approximate surface area is 89.1 Å².